The Morgan fingerprint density at radius 2 is 2.00 bits per heavy atom. The van der Waals surface area contributed by atoms with E-state index in [1.807, 2.05) is 0 Å². The lowest BCUT2D eigenvalue weighted by Crippen LogP contribution is -2.44. The van der Waals surface area contributed by atoms with Crippen molar-refractivity contribution in [2.24, 2.45) is 5.92 Å². The third-order valence-electron chi connectivity index (χ3n) is 4.27. The SMILES string of the molecule is COc1cccc(C=CC(=O)N(CC(F)(F)F)C(C)C2CC2)c1OC. The summed E-state index contributed by atoms with van der Waals surface area (Å²) in [5.74, 6) is 0.384. The van der Waals surface area contributed by atoms with Gasteiger partial charge in [0, 0.05) is 17.7 Å². The monoisotopic (exact) mass is 357 g/mol. The Morgan fingerprint density at radius 3 is 2.52 bits per heavy atom. The predicted octanol–water partition coefficient (Wildman–Crippen LogP) is 3.91. The third kappa shape index (κ3) is 5.14. The van der Waals surface area contributed by atoms with Gasteiger partial charge >= 0.3 is 6.18 Å². The molecule has 1 aliphatic rings. The minimum absolute atomic E-state index is 0.144. The van der Waals surface area contributed by atoms with Crippen molar-refractivity contribution in [3.05, 3.63) is 29.8 Å². The maximum atomic E-state index is 12.8. The normalized spacial score (nSPS) is 15.9. The van der Waals surface area contributed by atoms with Crippen LogP contribution in [0, 0.1) is 5.92 Å². The number of hydrogen-bond acceptors (Lipinski definition) is 3. The number of carbonyl (C=O) groups is 1. The minimum Gasteiger partial charge on any atom is -0.493 e. The number of carbonyl (C=O) groups excluding carboxylic acids is 1. The van der Waals surface area contributed by atoms with Crippen molar-refractivity contribution in [3.63, 3.8) is 0 Å². The number of benzene rings is 1. The zero-order valence-electron chi connectivity index (χ0n) is 14.5. The predicted molar refractivity (Wildman–Crippen MR) is 88.5 cm³/mol. The molecular formula is C18H22F3NO3. The Balaban J connectivity index is 2.21. The summed E-state index contributed by atoms with van der Waals surface area (Å²) < 4.78 is 48.9. The molecule has 0 spiro atoms. The number of para-hydroxylation sites is 1. The smallest absolute Gasteiger partial charge is 0.406 e. The first-order chi connectivity index (χ1) is 11.8. The van der Waals surface area contributed by atoms with Gasteiger partial charge < -0.3 is 14.4 Å². The van der Waals surface area contributed by atoms with Gasteiger partial charge in [-0.3, -0.25) is 4.79 Å². The van der Waals surface area contributed by atoms with Gasteiger partial charge in [-0.25, -0.2) is 0 Å². The van der Waals surface area contributed by atoms with Crippen molar-refractivity contribution in [2.75, 3.05) is 20.8 Å². The number of hydrogen-bond donors (Lipinski definition) is 0. The molecule has 1 saturated carbocycles. The number of ether oxygens (including phenoxy) is 2. The number of methoxy groups -OCH3 is 2. The van der Waals surface area contributed by atoms with E-state index in [1.165, 1.54) is 20.3 Å². The minimum atomic E-state index is -4.43. The molecule has 0 aliphatic heterocycles. The zero-order chi connectivity index (χ0) is 18.6. The van der Waals surface area contributed by atoms with Crippen LogP contribution in [-0.2, 0) is 4.79 Å². The third-order valence-corrected chi connectivity index (χ3v) is 4.27. The second kappa shape index (κ2) is 7.80. The van der Waals surface area contributed by atoms with Crippen molar-refractivity contribution in [1.29, 1.82) is 0 Å². The van der Waals surface area contributed by atoms with E-state index in [9.17, 15) is 18.0 Å². The van der Waals surface area contributed by atoms with Crippen LogP contribution < -0.4 is 9.47 Å². The molecule has 0 heterocycles. The summed E-state index contributed by atoms with van der Waals surface area (Å²) in [5.41, 5.74) is 0.557. The van der Waals surface area contributed by atoms with Crippen LogP contribution in [0.25, 0.3) is 6.08 Å². The fraction of sp³-hybridized carbons (Fsp3) is 0.500. The molecule has 1 amide bonds. The first kappa shape index (κ1) is 19.1. The molecule has 0 aromatic heterocycles. The van der Waals surface area contributed by atoms with Crippen molar-refractivity contribution in [1.82, 2.24) is 4.90 Å². The van der Waals surface area contributed by atoms with Crippen LogP contribution in [0.15, 0.2) is 24.3 Å². The maximum absolute atomic E-state index is 12.8. The van der Waals surface area contributed by atoms with Gasteiger partial charge in [-0.2, -0.15) is 13.2 Å². The molecule has 1 atom stereocenters. The summed E-state index contributed by atoms with van der Waals surface area (Å²) in [4.78, 5) is 13.3. The van der Waals surface area contributed by atoms with Gasteiger partial charge in [0.1, 0.15) is 6.54 Å². The molecule has 4 nitrogen and oxygen atoms in total. The highest BCUT2D eigenvalue weighted by atomic mass is 19.4. The van der Waals surface area contributed by atoms with Crippen LogP contribution in [-0.4, -0.2) is 43.8 Å². The Hall–Kier alpha value is -2.18. The highest BCUT2D eigenvalue weighted by Crippen LogP contribution is 2.36. The van der Waals surface area contributed by atoms with Crippen molar-refractivity contribution in [3.8, 4) is 11.5 Å². The Kier molecular flexibility index (Phi) is 5.98. The molecule has 0 saturated heterocycles. The van der Waals surface area contributed by atoms with Crippen LogP contribution in [0.2, 0.25) is 0 Å². The van der Waals surface area contributed by atoms with Crippen molar-refractivity contribution >= 4 is 12.0 Å². The first-order valence-electron chi connectivity index (χ1n) is 8.03. The van der Waals surface area contributed by atoms with Gasteiger partial charge in [0.05, 0.1) is 14.2 Å². The number of amides is 1. The van der Waals surface area contributed by atoms with E-state index in [0.29, 0.717) is 17.1 Å². The van der Waals surface area contributed by atoms with E-state index < -0.39 is 24.7 Å². The van der Waals surface area contributed by atoms with Crippen molar-refractivity contribution < 1.29 is 27.4 Å². The summed E-state index contributed by atoms with van der Waals surface area (Å²) in [6.07, 6.45) is -0.110. The summed E-state index contributed by atoms with van der Waals surface area (Å²) in [7, 11) is 2.95. The van der Waals surface area contributed by atoms with E-state index in [4.69, 9.17) is 9.47 Å². The maximum Gasteiger partial charge on any atom is 0.406 e. The van der Waals surface area contributed by atoms with Gasteiger partial charge in [0.25, 0.3) is 0 Å². The molecule has 7 heteroatoms. The van der Waals surface area contributed by atoms with E-state index in [-0.39, 0.29) is 5.92 Å². The molecule has 25 heavy (non-hydrogen) atoms. The molecule has 0 N–H and O–H groups in total. The zero-order valence-corrected chi connectivity index (χ0v) is 14.5. The number of halogens is 3. The molecule has 0 radical (unpaired) electrons. The lowest BCUT2D eigenvalue weighted by molar-refractivity contribution is -0.162. The topological polar surface area (TPSA) is 38.8 Å². The van der Waals surface area contributed by atoms with Gasteiger partial charge in [-0.15, -0.1) is 0 Å². The van der Waals surface area contributed by atoms with E-state index >= 15 is 0 Å². The van der Waals surface area contributed by atoms with Gasteiger partial charge in [0.2, 0.25) is 5.91 Å². The molecule has 1 aliphatic carbocycles. The molecule has 1 fully saturated rings. The molecule has 1 aromatic rings. The summed E-state index contributed by atoms with van der Waals surface area (Å²) in [6, 6.07) is 4.67. The van der Waals surface area contributed by atoms with Crippen LogP contribution >= 0.6 is 0 Å². The lowest BCUT2D eigenvalue weighted by Gasteiger charge is -2.29. The van der Waals surface area contributed by atoms with Crippen LogP contribution in [0.5, 0.6) is 11.5 Å². The molecule has 1 unspecified atom stereocenters. The molecule has 2 rings (SSSR count). The number of alkyl halides is 3. The summed E-state index contributed by atoms with van der Waals surface area (Å²) in [6.45, 7) is 0.421. The Labute approximate surface area is 145 Å². The number of nitrogens with zero attached hydrogens (tertiary/aromatic N) is 1. The fourth-order valence-corrected chi connectivity index (χ4v) is 2.75. The van der Waals surface area contributed by atoms with E-state index in [2.05, 4.69) is 0 Å². The highest BCUT2D eigenvalue weighted by Gasteiger charge is 2.39. The Morgan fingerprint density at radius 1 is 1.32 bits per heavy atom. The van der Waals surface area contributed by atoms with Crippen LogP contribution in [0.3, 0.4) is 0 Å². The standard InChI is InChI=1S/C18H22F3NO3/c1-12(13-7-8-13)22(11-18(19,20)21)16(23)10-9-14-5-4-6-15(24-2)17(14)25-3/h4-6,9-10,12-13H,7-8,11H2,1-3H3. The van der Waals surface area contributed by atoms with Gasteiger partial charge in [-0.05, 0) is 37.8 Å². The highest BCUT2D eigenvalue weighted by molar-refractivity contribution is 5.92. The van der Waals surface area contributed by atoms with E-state index in [1.54, 1.807) is 25.1 Å². The molecular weight excluding hydrogens is 335 g/mol. The van der Waals surface area contributed by atoms with E-state index in [0.717, 1.165) is 23.8 Å². The van der Waals surface area contributed by atoms with Crippen LogP contribution in [0.1, 0.15) is 25.3 Å². The largest absolute Gasteiger partial charge is 0.493 e. The second-order valence-corrected chi connectivity index (χ2v) is 6.08. The van der Waals surface area contributed by atoms with Crippen LogP contribution in [0.4, 0.5) is 13.2 Å². The molecule has 0 bridgehead atoms. The quantitative estimate of drug-likeness (QED) is 0.695. The lowest BCUT2D eigenvalue weighted by atomic mass is 10.1. The van der Waals surface area contributed by atoms with Gasteiger partial charge in [0.15, 0.2) is 11.5 Å². The molecule has 138 valence electrons. The average Bonchev–Trinajstić information content (AvgIpc) is 3.40. The fourth-order valence-electron chi connectivity index (χ4n) is 2.75. The summed E-state index contributed by atoms with van der Waals surface area (Å²) >= 11 is 0. The van der Waals surface area contributed by atoms with Gasteiger partial charge in [-0.1, -0.05) is 12.1 Å². The Bertz CT molecular complexity index is 639. The second-order valence-electron chi connectivity index (χ2n) is 6.08. The first-order valence-corrected chi connectivity index (χ1v) is 8.03. The summed E-state index contributed by atoms with van der Waals surface area (Å²) in [5, 5.41) is 0. The molecule has 1 aromatic carbocycles. The van der Waals surface area contributed by atoms with Crippen molar-refractivity contribution in [2.45, 2.75) is 32.0 Å². The average molecular weight is 357 g/mol. The number of rotatable bonds is 7.